The number of ether oxygens (including phenoxy) is 4. The second-order valence-electron chi connectivity index (χ2n) is 12.0. The molecular formula is C38H43N3O7. The van der Waals surface area contributed by atoms with E-state index in [2.05, 4.69) is 16.0 Å². The van der Waals surface area contributed by atoms with E-state index in [1.807, 2.05) is 78.9 Å². The van der Waals surface area contributed by atoms with Crippen LogP contribution >= 0.6 is 0 Å². The van der Waals surface area contributed by atoms with Gasteiger partial charge in [-0.1, -0.05) is 78.9 Å². The number of esters is 1. The van der Waals surface area contributed by atoms with Gasteiger partial charge in [0.1, 0.15) is 24.9 Å². The van der Waals surface area contributed by atoms with Crippen molar-refractivity contribution in [2.75, 3.05) is 11.9 Å². The van der Waals surface area contributed by atoms with Crippen molar-refractivity contribution in [1.29, 1.82) is 0 Å². The second kappa shape index (κ2) is 17.4. The fraction of sp³-hybridized carbons (Fsp3) is 0.289. The molecular weight excluding hydrogens is 610 g/mol. The fourth-order valence-electron chi connectivity index (χ4n) is 4.57. The summed E-state index contributed by atoms with van der Waals surface area (Å²) in [6.07, 6.45) is -0.389. The summed E-state index contributed by atoms with van der Waals surface area (Å²) in [6, 6.07) is 30.6. The molecule has 4 aromatic carbocycles. The molecule has 0 spiro atoms. The third kappa shape index (κ3) is 12.0. The molecule has 0 saturated carbocycles. The number of benzene rings is 4. The third-order valence-corrected chi connectivity index (χ3v) is 6.85. The molecule has 0 bridgehead atoms. The van der Waals surface area contributed by atoms with E-state index < -0.39 is 29.7 Å². The van der Waals surface area contributed by atoms with Crippen molar-refractivity contribution >= 4 is 23.8 Å². The van der Waals surface area contributed by atoms with Gasteiger partial charge in [-0.25, -0.2) is 14.4 Å². The highest BCUT2D eigenvalue weighted by Gasteiger charge is 2.23. The number of urea groups is 1. The maximum atomic E-state index is 12.9. The SMILES string of the molecule is CCOC(=O)[C@H](Cc1ccc(OCc2ccccc2)c(OCc2ccccc2)c1)NC(=O)NCc1ccc(NC(=O)OC(C)(C)C)cc1. The van der Waals surface area contributed by atoms with Crippen LogP contribution in [0.15, 0.2) is 103 Å². The number of carbonyl (C=O) groups is 3. The molecule has 0 fully saturated rings. The van der Waals surface area contributed by atoms with E-state index in [1.54, 1.807) is 52.0 Å². The summed E-state index contributed by atoms with van der Waals surface area (Å²) in [5.41, 5.74) is 3.50. The average molecular weight is 654 g/mol. The lowest BCUT2D eigenvalue weighted by Gasteiger charge is -2.20. The van der Waals surface area contributed by atoms with Crippen LogP contribution in [0.2, 0.25) is 0 Å². The first kappa shape index (κ1) is 35.3. The Kier molecular flexibility index (Phi) is 12.8. The van der Waals surface area contributed by atoms with Crippen LogP contribution in [0.5, 0.6) is 11.5 Å². The smallest absolute Gasteiger partial charge is 0.412 e. The van der Waals surface area contributed by atoms with Gasteiger partial charge in [-0.2, -0.15) is 0 Å². The van der Waals surface area contributed by atoms with Gasteiger partial charge in [0.05, 0.1) is 6.61 Å². The summed E-state index contributed by atoms with van der Waals surface area (Å²) in [5, 5.41) is 8.20. The van der Waals surface area contributed by atoms with Gasteiger partial charge in [-0.05, 0) is 74.2 Å². The lowest BCUT2D eigenvalue weighted by atomic mass is 10.1. The second-order valence-corrected chi connectivity index (χ2v) is 12.0. The summed E-state index contributed by atoms with van der Waals surface area (Å²) in [7, 11) is 0. The van der Waals surface area contributed by atoms with E-state index in [4.69, 9.17) is 18.9 Å². The van der Waals surface area contributed by atoms with E-state index in [1.165, 1.54) is 0 Å². The minimum absolute atomic E-state index is 0.165. The molecule has 10 nitrogen and oxygen atoms in total. The zero-order chi connectivity index (χ0) is 34.4. The molecule has 48 heavy (non-hydrogen) atoms. The molecule has 0 aliphatic carbocycles. The van der Waals surface area contributed by atoms with Crippen LogP contribution in [-0.4, -0.2) is 36.3 Å². The molecule has 0 aromatic heterocycles. The molecule has 3 N–H and O–H groups in total. The summed E-state index contributed by atoms with van der Waals surface area (Å²) in [4.78, 5) is 37.9. The molecule has 10 heteroatoms. The van der Waals surface area contributed by atoms with Crippen LogP contribution in [0.1, 0.15) is 49.9 Å². The Morgan fingerprint density at radius 1 is 0.708 bits per heavy atom. The van der Waals surface area contributed by atoms with Gasteiger partial charge >= 0.3 is 18.1 Å². The van der Waals surface area contributed by atoms with Crippen LogP contribution in [0.25, 0.3) is 0 Å². The number of nitrogens with one attached hydrogen (secondary N) is 3. The Labute approximate surface area is 281 Å². The van der Waals surface area contributed by atoms with Crippen molar-refractivity contribution in [2.24, 2.45) is 0 Å². The minimum Gasteiger partial charge on any atom is -0.485 e. The lowest BCUT2D eigenvalue weighted by molar-refractivity contribution is -0.145. The topological polar surface area (TPSA) is 124 Å². The summed E-state index contributed by atoms with van der Waals surface area (Å²) in [6.45, 7) is 8.12. The molecule has 0 saturated heterocycles. The Morgan fingerprint density at radius 2 is 1.29 bits per heavy atom. The highest BCUT2D eigenvalue weighted by atomic mass is 16.6. The first-order valence-corrected chi connectivity index (χ1v) is 15.8. The average Bonchev–Trinajstić information content (AvgIpc) is 3.06. The maximum Gasteiger partial charge on any atom is 0.412 e. The minimum atomic E-state index is -0.955. The van der Waals surface area contributed by atoms with Crippen LogP contribution in [-0.2, 0) is 40.4 Å². The molecule has 4 rings (SSSR count). The first-order chi connectivity index (χ1) is 23.1. The number of rotatable bonds is 14. The quantitative estimate of drug-likeness (QED) is 0.123. The van der Waals surface area contributed by atoms with Crippen molar-refractivity contribution in [3.8, 4) is 11.5 Å². The van der Waals surface area contributed by atoms with E-state index in [9.17, 15) is 14.4 Å². The van der Waals surface area contributed by atoms with Gasteiger partial charge in [-0.15, -0.1) is 0 Å². The first-order valence-electron chi connectivity index (χ1n) is 15.8. The summed E-state index contributed by atoms with van der Waals surface area (Å²) < 4.78 is 22.9. The zero-order valence-electron chi connectivity index (χ0n) is 27.8. The Balaban J connectivity index is 1.40. The number of carbonyl (C=O) groups excluding carboxylic acids is 3. The largest absolute Gasteiger partial charge is 0.485 e. The summed E-state index contributed by atoms with van der Waals surface area (Å²) in [5.74, 6) is 0.523. The summed E-state index contributed by atoms with van der Waals surface area (Å²) >= 11 is 0. The van der Waals surface area contributed by atoms with E-state index in [0.717, 1.165) is 22.3 Å². The van der Waals surface area contributed by atoms with Crippen LogP contribution in [0, 0.1) is 0 Å². The van der Waals surface area contributed by atoms with Gasteiger partial charge in [0, 0.05) is 18.7 Å². The van der Waals surface area contributed by atoms with Gasteiger partial charge in [0.15, 0.2) is 11.5 Å². The molecule has 0 aliphatic heterocycles. The highest BCUT2D eigenvalue weighted by molar-refractivity contribution is 5.85. The van der Waals surface area contributed by atoms with Crippen molar-refractivity contribution in [2.45, 2.75) is 65.5 Å². The normalized spacial score (nSPS) is 11.5. The van der Waals surface area contributed by atoms with Crippen molar-refractivity contribution in [1.82, 2.24) is 10.6 Å². The van der Waals surface area contributed by atoms with Gasteiger partial charge < -0.3 is 29.6 Å². The lowest BCUT2D eigenvalue weighted by Crippen LogP contribution is -2.47. The highest BCUT2D eigenvalue weighted by Crippen LogP contribution is 2.31. The molecule has 0 unspecified atom stereocenters. The van der Waals surface area contributed by atoms with E-state index in [-0.39, 0.29) is 19.6 Å². The monoisotopic (exact) mass is 653 g/mol. The zero-order valence-corrected chi connectivity index (χ0v) is 27.8. The fourth-order valence-corrected chi connectivity index (χ4v) is 4.57. The van der Waals surface area contributed by atoms with Crippen LogP contribution in [0.3, 0.4) is 0 Å². The molecule has 3 amide bonds. The van der Waals surface area contributed by atoms with Crippen molar-refractivity contribution < 1.29 is 33.3 Å². The molecule has 252 valence electrons. The van der Waals surface area contributed by atoms with E-state index >= 15 is 0 Å². The molecule has 1 atom stereocenters. The Hall–Kier alpha value is -5.51. The van der Waals surface area contributed by atoms with E-state index in [0.29, 0.717) is 30.4 Å². The predicted octanol–water partition coefficient (Wildman–Crippen LogP) is 7.17. The number of hydrogen-bond donors (Lipinski definition) is 3. The maximum absolute atomic E-state index is 12.9. The standard InChI is InChI=1S/C38H43N3O7/c1-5-45-35(42)32(41-36(43)39-24-27-16-19-31(20-17-27)40-37(44)48-38(2,3)4)22-30-18-21-33(46-25-28-12-8-6-9-13-28)34(23-30)47-26-29-14-10-7-11-15-29/h6-21,23,32H,5,22,24-26H2,1-4H3,(H,40,44)(H2,39,41,43)/t32-/m0/s1. The predicted molar refractivity (Wildman–Crippen MR) is 184 cm³/mol. The number of hydrogen-bond acceptors (Lipinski definition) is 7. The molecule has 4 aromatic rings. The molecule has 0 radical (unpaired) electrons. The number of amides is 3. The van der Waals surface area contributed by atoms with Crippen molar-refractivity contribution in [3.05, 3.63) is 125 Å². The van der Waals surface area contributed by atoms with Gasteiger partial charge in [0.2, 0.25) is 0 Å². The Morgan fingerprint density at radius 3 is 1.88 bits per heavy atom. The van der Waals surface area contributed by atoms with Gasteiger partial charge in [0.25, 0.3) is 0 Å². The van der Waals surface area contributed by atoms with Crippen molar-refractivity contribution in [3.63, 3.8) is 0 Å². The van der Waals surface area contributed by atoms with Crippen LogP contribution in [0.4, 0.5) is 15.3 Å². The van der Waals surface area contributed by atoms with Gasteiger partial charge in [-0.3, -0.25) is 5.32 Å². The third-order valence-electron chi connectivity index (χ3n) is 6.85. The molecule has 0 aliphatic rings. The Bertz CT molecular complexity index is 1620. The number of anilines is 1. The molecule has 0 heterocycles. The van der Waals surface area contributed by atoms with Crippen LogP contribution < -0.4 is 25.4 Å².